The molecule has 4 rings (SSSR count). The van der Waals surface area contributed by atoms with Crippen LogP contribution in [0.4, 0.5) is 5.69 Å². The molecule has 2 saturated heterocycles. The summed E-state index contributed by atoms with van der Waals surface area (Å²) in [4.78, 5) is 31.4. The Morgan fingerprint density at radius 1 is 1.09 bits per heavy atom. The first-order chi connectivity index (χ1) is 15.3. The van der Waals surface area contributed by atoms with Gasteiger partial charge in [-0.2, -0.15) is 4.31 Å². The molecule has 0 saturated carbocycles. The molecule has 2 fully saturated rings. The number of carbonyl (C=O) groups excluding carboxylic acids is 2. The highest BCUT2D eigenvalue weighted by Crippen LogP contribution is 2.25. The highest BCUT2D eigenvalue weighted by Gasteiger charge is 2.33. The summed E-state index contributed by atoms with van der Waals surface area (Å²) in [6.07, 6.45) is 4.43. The number of amides is 2. The van der Waals surface area contributed by atoms with E-state index in [0.717, 1.165) is 25.9 Å². The predicted octanol–water partition coefficient (Wildman–Crippen LogP) is 2.00. The fourth-order valence-corrected chi connectivity index (χ4v) is 5.71. The van der Waals surface area contributed by atoms with Crippen LogP contribution in [-0.2, 0) is 21.9 Å². The summed E-state index contributed by atoms with van der Waals surface area (Å²) in [7, 11) is -1.91. The molecule has 0 unspecified atom stereocenters. The molecular weight excluding hydrogens is 430 g/mol. The van der Waals surface area contributed by atoms with Crippen molar-refractivity contribution < 1.29 is 18.0 Å². The first-order valence-electron chi connectivity index (χ1n) is 11.0. The Kier molecular flexibility index (Phi) is 6.34. The molecule has 32 heavy (non-hydrogen) atoms. The van der Waals surface area contributed by atoms with Crippen molar-refractivity contribution in [3.05, 3.63) is 41.9 Å². The Balaban J connectivity index is 1.36. The molecular formula is C22H29N5O4S. The van der Waals surface area contributed by atoms with Crippen LogP contribution in [0.15, 0.2) is 35.5 Å². The number of nitrogens with one attached hydrogen (secondary N) is 1. The van der Waals surface area contributed by atoms with Gasteiger partial charge in [0.25, 0.3) is 15.9 Å². The molecule has 9 nitrogen and oxygen atoms in total. The van der Waals surface area contributed by atoms with Gasteiger partial charge in [-0.25, -0.2) is 13.4 Å². The quantitative estimate of drug-likeness (QED) is 0.736. The van der Waals surface area contributed by atoms with Gasteiger partial charge in [-0.05, 0) is 50.8 Å². The number of imidazole rings is 1. The van der Waals surface area contributed by atoms with Gasteiger partial charge in [-0.15, -0.1) is 0 Å². The maximum Gasteiger partial charge on any atom is 0.262 e. The molecule has 1 aromatic carbocycles. The maximum atomic E-state index is 12.8. The molecule has 2 aliphatic rings. The van der Waals surface area contributed by atoms with Gasteiger partial charge < -0.3 is 14.8 Å². The minimum absolute atomic E-state index is 0.0122. The Labute approximate surface area is 188 Å². The third kappa shape index (κ3) is 4.56. The van der Waals surface area contributed by atoms with Crippen LogP contribution in [0, 0.1) is 12.8 Å². The molecule has 2 aromatic rings. The fraction of sp³-hybridized carbons (Fsp3) is 0.500. The zero-order chi connectivity index (χ0) is 22.9. The number of benzene rings is 1. The monoisotopic (exact) mass is 459 g/mol. The Morgan fingerprint density at radius 2 is 1.78 bits per heavy atom. The van der Waals surface area contributed by atoms with Crippen molar-refractivity contribution in [1.29, 1.82) is 0 Å². The molecule has 0 radical (unpaired) electrons. The van der Waals surface area contributed by atoms with Crippen LogP contribution in [0.5, 0.6) is 0 Å². The van der Waals surface area contributed by atoms with Crippen molar-refractivity contribution >= 4 is 27.5 Å². The van der Waals surface area contributed by atoms with Crippen molar-refractivity contribution in [2.24, 2.45) is 13.0 Å². The van der Waals surface area contributed by atoms with Gasteiger partial charge in [0.05, 0.1) is 0 Å². The lowest BCUT2D eigenvalue weighted by atomic mass is 9.97. The molecule has 2 aliphatic heterocycles. The van der Waals surface area contributed by atoms with Crippen molar-refractivity contribution in [2.75, 3.05) is 31.5 Å². The summed E-state index contributed by atoms with van der Waals surface area (Å²) < 4.78 is 28.8. The van der Waals surface area contributed by atoms with Gasteiger partial charge >= 0.3 is 0 Å². The fourth-order valence-electron chi connectivity index (χ4n) is 4.22. The molecule has 172 valence electrons. The van der Waals surface area contributed by atoms with Crippen LogP contribution in [0.3, 0.4) is 0 Å². The van der Waals surface area contributed by atoms with Crippen LogP contribution < -0.4 is 5.32 Å². The average molecular weight is 460 g/mol. The third-order valence-electron chi connectivity index (χ3n) is 6.29. The second-order valence-corrected chi connectivity index (χ2v) is 10.4. The largest absolute Gasteiger partial charge is 0.339 e. The van der Waals surface area contributed by atoms with E-state index in [1.54, 1.807) is 42.8 Å². The smallest absolute Gasteiger partial charge is 0.262 e. The van der Waals surface area contributed by atoms with Gasteiger partial charge in [-0.1, -0.05) is 6.07 Å². The number of carbonyl (C=O) groups is 2. The van der Waals surface area contributed by atoms with Crippen LogP contribution in [0.25, 0.3) is 0 Å². The summed E-state index contributed by atoms with van der Waals surface area (Å²) in [6.45, 7) is 3.83. The molecule has 0 spiro atoms. The van der Waals surface area contributed by atoms with Crippen LogP contribution in [0.2, 0.25) is 0 Å². The van der Waals surface area contributed by atoms with E-state index in [1.165, 1.54) is 10.5 Å². The van der Waals surface area contributed by atoms with Crippen LogP contribution in [0.1, 0.15) is 41.9 Å². The number of sulfonamides is 1. The van der Waals surface area contributed by atoms with Crippen molar-refractivity contribution in [2.45, 2.75) is 37.6 Å². The van der Waals surface area contributed by atoms with E-state index >= 15 is 0 Å². The summed E-state index contributed by atoms with van der Waals surface area (Å²) in [5, 5.41) is 2.94. The minimum Gasteiger partial charge on any atom is -0.339 e. The second kappa shape index (κ2) is 9.03. The van der Waals surface area contributed by atoms with Gasteiger partial charge in [0.2, 0.25) is 5.91 Å². The predicted molar refractivity (Wildman–Crippen MR) is 120 cm³/mol. The lowest BCUT2D eigenvalue weighted by molar-refractivity contribution is -0.120. The molecule has 0 aliphatic carbocycles. The Morgan fingerprint density at radius 3 is 2.41 bits per heavy atom. The zero-order valence-corrected chi connectivity index (χ0v) is 19.3. The lowest BCUT2D eigenvalue weighted by Gasteiger charge is -2.30. The lowest BCUT2D eigenvalue weighted by Crippen LogP contribution is -2.41. The Hall–Kier alpha value is -2.72. The number of aromatic nitrogens is 2. The van der Waals surface area contributed by atoms with Crippen LogP contribution in [-0.4, -0.2) is 65.2 Å². The van der Waals surface area contributed by atoms with Gasteiger partial charge in [0, 0.05) is 56.6 Å². The number of anilines is 1. The molecule has 2 amide bonds. The highest BCUT2D eigenvalue weighted by molar-refractivity contribution is 7.89. The number of piperidine rings is 1. The van der Waals surface area contributed by atoms with E-state index in [9.17, 15) is 18.0 Å². The molecule has 10 heteroatoms. The van der Waals surface area contributed by atoms with E-state index in [1.807, 2.05) is 4.90 Å². The van der Waals surface area contributed by atoms with Crippen molar-refractivity contribution in [3.63, 3.8) is 0 Å². The van der Waals surface area contributed by atoms with Crippen molar-refractivity contribution in [1.82, 2.24) is 18.8 Å². The maximum absolute atomic E-state index is 12.8. The zero-order valence-electron chi connectivity index (χ0n) is 18.5. The van der Waals surface area contributed by atoms with E-state index in [2.05, 4.69) is 10.3 Å². The summed E-state index contributed by atoms with van der Waals surface area (Å²) in [6, 6.07) is 7.01. The van der Waals surface area contributed by atoms with E-state index in [-0.39, 0.29) is 35.8 Å². The molecule has 3 heterocycles. The van der Waals surface area contributed by atoms with Gasteiger partial charge in [-0.3, -0.25) is 9.59 Å². The van der Waals surface area contributed by atoms with Crippen molar-refractivity contribution in [3.8, 4) is 0 Å². The minimum atomic E-state index is -3.67. The summed E-state index contributed by atoms with van der Waals surface area (Å²) in [5.74, 6) is 0.177. The molecule has 0 atom stereocenters. The number of nitrogens with zero attached hydrogens (tertiary/aromatic N) is 4. The average Bonchev–Trinajstić information content (AvgIpc) is 3.44. The standard InChI is InChI=1S/C22H29N5O4S/c1-16-23-20(15-25(16)2)32(30,31)27-12-8-17(9-13-27)21(28)24-19-7-5-6-18(14-19)22(29)26-10-3-4-11-26/h5-7,14-15,17H,3-4,8-13H2,1-2H3,(H,24,28). The highest BCUT2D eigenvalue weighted by atomic mass is 32.2. The first kappa shape index (κ1) is 22.5. The normalized spacial score (nSPS) is 18.1. The van der Waals surface area contributed by atoms with E-state index in [0.29, 0.717) is 29.9 Å². The topological polar surface area (TPSA) is 105 Å². The van der Waals surface area contributed by atoms with E-state index in [4.69, 9.17) is 0 Å². The Bertz CT molecular complexity index is 1090. The van der Waals surface area contributed by atoms with E-state index < -0.39 is 10.0 Å². The second-order valence-electron chi connectivity index (χ2n) is 8.48. The number of hydrogen-bond donors (Lipinski definition) is 1. The number of aryl methyl sites for hydroxylation is 2. The van der Waals surface area contributed by atoms with Gasteiger partial charge in [0.1, 0.15) is 5.82 Å². The van der Waals surface area contributed by atoms with Crippen LogP contribution >= 0.6 is 0 Å². The SMILES string of the molecule is Cc1nc(S(=O)(=O)N2CCC(C(=O)Nc3cccc(C(=O)N4CCCC4)c3)CC2)cn1C. The summed E-state index contributed by atoms with van der Waals surface area (Å²) in [5.41, 5.74) is 1.15. The third-order valence-corrected chi connectivity index (χ3v) is 8.06. The number of rotatable bonds is 5. The number of hydrogen-bond acceptors (Lipinski definition) is 5. The molecule has 1 N–H and O–H groups in total. The number of likely N-dealkylation sites (tertiary alicyclic amines) is 1. The summed E-state index contributed by atoms with van der Waals surface area (Å²) >= 11 is 0. The molecule has 1 aromatic heterocycles. The molecule has 0 bridgehead atoms. The first-order valence-corrected chi connectivity index (χ1v) is 12.4. The van der Waals surface area contributed by atoms with Gasteiger partial charge in [0.15, 0.2) is 5.03 Å².